The van der Waals surface area contributed by atoms with Crippen LogP contribution in [-0.2, 0) is 9.53 Å². The van der Waals surface area contributed by atoms with E-state index in [1.807, 2.05) is 26.8 Å². The monoisotopic (exact) mass is 433 g/mol. The predicted octanol–water partition coefficient (Wildman–Crippen LogP) is 6.11. The molecule has 0 aromatic carbocycles. The molecule has 1 aliphatic carbocycles. The van der Waals surface area contributed by atoms with Gasteiger partial charge in [0, 0.05) is 12.6 Å². The number of aliphatic hydroxyl groups excluding tert-OH is 1. The fraction of sp³-hybridized carbons (Fsp3) is 0.741. The highest BCUT2D eigenvalue weighted by atomic mass is 16.5. The largest absolute Gasteiger partial charge is 0.396 e. The molecule has 178 valence electrons. The third-order valence-corrected chi connectivity index (χ3v) is 6.12. The van der Waals surface area contributed by atoms with Gasteiger partial charge in [-0.25, -0.2) is 0 Å². The second-order valence-electron chi connectivity index (χ2n) is 9.48. The van der Waals surface area contributed by atoms with E-state index in [0.29, 0.717) is 17.9 Å². The lowest BCUT2D eigenvalue weighted by molar-refractivity contribution is -0.117. The van der Waals surface area contributed by atoms with Gasteiger partial charge in [0.1, 0.15) is 0 Å². The zero-order valence-electron chi connectivity index (χ0n) is 20.8. The first kappa shape index (κ1) is 27.6. The van der Waals surface area contributed by atoms with E-state index >= 15 is 0 Å². The number of carbonyl (C=O) groups excluding carboxylic acids is 1. The van der Waals surface area contributed by atoms with E-state index in [4.69, 9.17) is 4.74 Å². The molecule has 2 unspecified atom stereocenters. The van der Waals surface area contributed by atoms with Crippen LogP contribution in [0.1, 0.15) is 92.9 Å². The fourth-order valence-corrected chi connectivity index (χ4v) is 4.57. The van der Waals surface area contributed by atoms with E-state index in [9.17, 15) is 9.90 Å². The van der Waals surface area contributed by atoms with Gasteiger partial charge in [-0.05, 0) is 90.0 Å². The number of hydrogen-bond donors (Lipinski definition) is 2. The summed E-state index contributed by atoms with van der Waals surface area (Å²) in [5.41, 5.74) is 1.11. The van der Waals surface area contributed by atoms with Crippen LogP contribution in [0.2, 0.25) is 0 Å². The van der Waals surface area contributed by atoms with Gasteiger partial charge in [-0.2, -0.15) is 0 Å². The smallest absolute Gasteiger partial charge is 0.243 e. The predicted molar refractivity (Wildman–Crippen MR) is 131 cm³/mol. The molecular formula is C27H47NO3. The third-order valence-electron chi connectivity index (χ3n) is 6.12. The van der Waals surface area contributed by atoms with Crippen LogP contribution in [-0.4, -0.2) is 35.4 Å². The van der Waals surface area contributed by atoms with Crippen molar-refractivity contribution in [2.75, 3.05) is 6.61 Å². The van der Waals surface area contributed by atoms with Gasteiger partial charge in [-0.3, -0.25) is 4.79 Å². The molecule has 1 saturated heterocycles. The van der Waals surface area contributed by atoms with Crippen LogP contribution in [0.25, 0.3) is 0 Å². The van der Waals surface area contributed by atoms with Gasteiger partial charge in [0.15, 0.2) is 0 Å². The Kier molecular flexibility index (Phi) is 13.0. The average Bonchev–Trinajstić information content (AvgIpc) is 2.76. The Labute approximate surface area is 191 Å². The number of aliphatic hydroxyl groups is 1. The Bertz CT molecular complexity index is 598. The number of carbonyl (C=O) groups is 1. The lowest BCUT2D eigenvalue weighted by atomic mass is 9.83. The molecule has 0 bridgehead atoms. The Morgan fingerprint density at radius 2 is 1.81 bits per heavy atom. The van der Waals surface area contributed by atoms with Gasteiger partial charge in [0.2, 0.25) is 5.91 Å². The van der Waals surface area contributed by atoms with E-state index in [-0.39, 0.29) is 24.2 Å². The van der Waals surface area contributed by atoms with Crippen LogP contribution in [0.15, 0.2) is 36.0 Å². The van der Waals surface area contributed by atoms with Gasteiger partial charge in [-0.15, -0.1) is 0 Å². The van der Waals surface area contributed by atoms with E-state index < -0.39 is 0 Å². The highest BCUT2D eigenvalue weighted by Gasteiger charge is 2.33. The summed E-state index contributed by atoms with van der Waals surface area (Å²) in [4.78, 5) is 11.8. The molecule has 0 aromatic heterocycles. The van der Waals surface area contributed by atoms with Crippen molar-refractivity contribution in [3.8, 4) is 0 Å². The number of amides is 1. The van der Waals surface area contributed by atoms with Crippen LogP contribution < -0.4 is 5.32 Å². The van der Waals surface area contributed by atoms with Crippen molar-refractivity contribution in [2.24, 2.45) is 11.8 Å². The molecule has 0 spiro atoms. The van der Waals surface area contributed by atoms with E-state index in [2.05, 4.69) is 44.3 Å². The van der Waals surface area contributed by atoms with Crippen molar-refractivity contribution in [2.45, 2.75) is 111 Å². The summed E-state index contributed by atoms with van der Waals surface area (Å²) in [6, 6.07) is 0.330. The lowest BCUT2D eigenvalue weighted by Gasteiger charge is -2.39. The minimum Gasteiger partial charge on any atom is -0.396 e. The molecule has 1 aliphatic heterocycles. The van der Waals surface area contributed by atoms with Crippen molar-refractivity contribution in [1.82, 2.24) is 5.32 Å². The Balaban J connectivity index is 0.00000233. The number of hydrogen-bond acceptors (Lipinski definition) is 3. The second kappa shape index (κ2) is 14.6. The molecule has 0 aromatic rings. The SMILES string of the molecule is CC.CC/C=C\C(=O)NC1CCC(C/C=C(C)/C=C/C2CC(CO)CC(C)(C)O2)CC1. The first-order valence-corrected chi connectivity index (χ1v) is 12.4. The van der Waals surface area contributed by atoms with E-state index in [1.165, 1.54) is 18.4 Å². The molecule has 2 aliphatic rings. The molecule has 0 radical (unpaired) electrons. The van der Waals surface area contributed by atoms with Crippen molar-refractivity contribution >= 4 is 5.91 Å². The van der Waals surface area contributed by atoms with Crippen molar-refractivity contribution in [3.05, 3.63) is 36.0 Å². The third kappa shape index (κ3) is 11.2. The minimum atomic E-state index is -0.168. The second-order valence-corrected chi connectivity index (χ2v) is 9.48. The molecule has 2 N–H and O–H groups in total. The molecular weight excluding hydrogens is 386 g/mol. The quantitative estimate of drug-likeness (QED) is 0.358. The Hall–Kier alpha value is -1.39. The first-order chi connectivity index (χ1) is 14.8. The normalized spacial score (nSPS) is 28.9. The summed E-state index contributed by atoms with van der Waals surface area (Å²) in [5.74, 6) is 1.08. The topological polar surface area (TPSA) is 58.6 Å². The van der Waals surface area contributed by atoms with E-state index in [0.717, 1.165) is 38.5 Å². The van der Waals surface area contributed by atoms with Crippen LogP contribution in [0, 0.1) is 11.8 Å². The molecule has 31 heavy (non-hydrogen) atoms. The molecule has 2 rings (SSSR count). The average molecular weight is 434 g/mol. The Morgan fingerprint density at radius 3 is 2.42 bits per heavy atom. The molecule has 1 heterocycles. The molecule has 2 fully saturated rings. The van der Waals surface area contributed by atoms with Crippen LogP contribution in [0.5, 0.6) is 0 Å². The molecule has 4 heteroatoms. The Morgan fingerprint density at radius 1 is 1.13 bits per heavy atom. The summed E-state index contributed by atoms with van der Waals surface area (Å²) in [5, 5.41) is 12.7. The van der Waals surface area contributed by atoms with Crippen LogP contribution in [0.3, 0.4) is 0 Å². The minimum absolute atomic E-state index is 0.0488. The zero-order chi connectivity index (χ0) is 23.3. The van der Waals surface area contributed by atoms with E-state index in [1.54, 1.807) is 6.08 Å². The molecule has 2 atom stereocenters. The summed E-state index contributed by atoms with van der Waals surface area (Å²) in [7, 11) is 0. The number of allylic oxidation sites excluding steroid dienone is 4. The van der Waals surface area contributed by atoms with Gasteiger partial charge in [0.25, 0.3) is 0 Å². The summed E-state index contributed by atoms with van der Waals surface area (Å²) >= 11 is 0. The number of ether oxygens (including phenoxy) is 1. The standard InChI is InChI=1S/C25H41NO3.C2H6/c1-5-6-7-24(28)26-22-13-11-20(12-14-22)10-8-19(2)9-15-23-16-21(18-27)17-25(3,4)29-23;1-2/h6-9,15,20-23,27H,5,10-14,16-18H2,1-4H3,(H,26,28);1-2H3/b7-6-,15-9+,19-8+;. The zero-order valence-corrected chi connectivity index (χ0v) is 20.8. The molecule has 4 nitrogen and oxygen atoms in total. The van der Waals surface area contributed by atoms with Crippen molar-refractivity contribution in [3.63, 3.8) is 0 Å². The molecule has 1 saturated carbocycles. The van der Waals surface area contributed by atoms with Crippen molar-refractivity contribution < 1.29 is 14.6 Å². The van der Waals surface area contributed by atoms with Gasteiger partial charge >= 0.3 is 0 Å². The summed E-state index contributed by atoms with van der Waals surface area (Å²) in [6.07, 6.45) is 18.6. The maximum Gasteiger partial charge on any atom is 0.243 e. The van der Waals surface area contributed by atoms with Gasteiger partial charge in [0.05, 0.1) is 11.7 Å². The highest BCUT2D eigenvalue weighted by Crippen LogP contribution is 2.33. The van der Waals surface area contributed by atoms with Gasteiger partial charge in [-0.1, -0.05) is 50.6 Å². The summed E-state index contributed by atoms with van der Waals surface area (Å²) < 4.78 is 6.15. The molecule has 1 amide bonds. The fourth-order valence-electron chi connectivity index (χ4n) is 4.57. The van der Waals surface area contributed by atoms with Crippen molar-refractivity contribution in [1.29, 1.82) is 0 Å². The maximum atomic E-state index is 11.8. The highest BCUT2D eigenvalue weighted by molar-refractivity contribution is 5.87. The summed E-state index contributed by atoms with van der Waals surface area (Å²) in [6.45, 7) is 12.6. The number of rotatable bonds is 8. The maximum absolute atomic E-state index is 11.8. The van der Waals surface area contributed by atoms with Crippen LogP contribution >= 0.6 is 0 Å². The van der Waals surface area contributed by atoms with Crippen LogP contribution in [0.4, 0.5) is 0 Å². The lowest BCUT2D eigenvalue weighted by Crippen LogP contribution is -2.39. The number of nitrogens with one attached hydrogen (secondary N) is 1. The first-order valence-electron chi connectivity index (χ1n) is 12.4. The van der Waals surface area contributed by atoms with Gasteiger partial charge < -0.3 is 15.2 Å².